The smallest absolute Gasteiger partial charge is 0.271 e. The second-order valence-electron chi connectivity index (χ2n) is 4.70. The highest BCUT2D eigenvalue weighted by molar-refractivity contribution is 5.97. The second-order valence-corrected chi connectivity index (χ2v) is 4.70. The number of amides is 1. The minimum atomic E-state index is -0.171. The van der Waals surface area contributed by atoms with Crippen LogP contribution in [0.5, 0.6) is 0 Å². The molecule has 3 N–H and O–H groups in total. The fraction of sp³-hybridized carbons (Fsp3) is 0.333. The first kappa shape index (κ1) is 14.1. The molecule has 0 bridgehead atoms. The van der Waals surface area contributed by atoms with Gasteiger partial charge < -0.3 is 11.1 Å². The van der Waals surface area contributed by atoms with E-state index in [-0.39, 0.29) is 5.91 Å². The Hall–Kier alpha value is -2.30. The van der Waals surface area contributed by atoms with Gasteiger partial charge in [0.2, 0.25) is 0 Å². The highest BCUT2D eigenvalue weighted by Crippen LogP contribution is 2.11. The summed E-state index contributed by atoms with van der Waals surface area (Å²) in [5.74, 6) is -0.171. The average molecular weight is 272 g/mol. The minimum absolute atomic E-state index is 0.171. The van der Waals surface area contributed by atoms with Crippen LogP contribution >= 0.6 is 0 Å². The Kier molecular flexibility index (Phi) is 4.40. The summed E-state index contributed by atoms with van der Waals surface area (Å²) >= 11 is 0. The lowest BCUT2D eigenvalue weighted by Crippen LogP contribution is -2.29. The first-order valence-corrected chi connectivity index (χ1v) is 6.77. The summed E-state index contributed by atoms with van der Waals surface area (Å²) in [7, 11) is 0. The molecule has 5 nitrogen and oxygen atoms in total. The molecule has 0 unspecified atom stereocenters. The van der Waals surface area contributed by atoms with Crippen molar-refractivity contribution in [3.05, 3.63) is 47.3 Å². The number of nitrogens with zero attached hydrogens (tertiary/aromatic N) is 2. The molecule has 1 aromatic heterocycles. The van der Waals surface area contributed by atoms with Crippen molar-refractivity contribution in [2.75, 3.05) is 12.3 Å². The molecule has 2 aromatic rings. The van der Waals surface area contributed by atoms with Crippen LogP contribution in [0.4, 0.5) is 5.69 Å². The molecule has 0 radical (unpaired) electrons. The average Bonchev–Trinajstić information content (AvgIpc) is 2.82. The highest BCUT2D eigenvalue weighted by Gasteiger charge is 2.15. The zero-order valence-electron chi connectivity index (χ0n) is 11.9. The van der Waals surface area contributed by atoms with Crippen LogP contribution in [0.15, 0.2) is 30.5 Å². The third-order valence-corrected chi connectivity index (χ3v) is 3.32. The van der Waals surface area contributed by atoms with Crippen molar-refractivity contribution in [3.63, 3.8) is 0 Å². The van der Waals surface area contributed by atoms with E-state index in [0.717, 1.165) is 6.42 Å². The molecule has 1 amide bonds. The molecule has 0 saturated heterocycles. The number of aromatic nitrogens is 2. The molecule has 20 heavy (non-hydrogen) atoms. The monoisotopic (exact) mass is 272 g/mol. The zero-order valence-corrected chi connectivity index (χ0v) is 11.9. The van der Waals surface area contributed by atoms with Crippen molar-refractivity contribution in [1.82, 2.24) is 15.1 Å². The van der Waals surface area contributed by atoms with E-state index in [1.54, 1.807) is 4.68 Å². The Balaban J connectivity index is 1.96. The number of benzene rings is 1. The van der Waals surface area contributed by atoms with Gasteiger partial charge in [-0.1, -0.05) is 24.3 Å². The molecule has 0 saturated carbocycles. The van der Waals surface area contributed by atoms with Gasteiger partial charge in [0.25, 0.3) is 5.91 Å². The van der Waals surface area contributed by atoms with Crippen LogP contribution < -0.4 is 11.1 Å². The molecule has 106 valence electrons. The van der Waals surface area contributed by atoms with Gasteiger partial charge >= 0.3 is 0 Å². The van der Waals surface area contributed by atoms with Crippen LogP contribution in [0.3, 0.4) is 0 Å². The molecular weight excluding hydrogens is 252 g/mol. The van der Waals surface area contributed by atoms with Gasteiger partial charge in [-0.15, -0.1) is 0 Å². The van der Waals surface area contributed by atoms with Crippen LogP contribution in [-0.2, 0) is 13.0 Å². The Morgan fingerprint density at radius 2 is 2.15 bits per heavy atom. The highest BCUT2D eigenvalue weighted by atomic mass is 16.2. The van der Waals surface area contributed by atoms with Gasteiger partial charge in [0.05, 0.1) is 11.9 Å². The predicted octanol–water partition coefficient (Wildman–Crippen LogP) is 1.77. The molecule has 2 rings (SSSR count). The summed E-state index contributed by atoms with van der Waals surface area (Å²) in [5, 5.41) is 6.96. The minimum Gasteiger partial charge on any atom is -0.396 e. The Morgan fingerprint density at radius 1 is 1.40 bits per heavy atom. The normalized spacial score (nSPS) is 10.5. The molecule has 5 heteroatoms. The van der Waals surface area contributed by atoms with E-state index in [0.29, 0.717) is 24.5 Å². The van der Waals surface area contributed by atoms with Gasteiger partial charge in [-0.2, -0.15) is 5.10 Å². The van der Waals surface area contributed by atoms with E-state index in [9.17, 15) is 4.79 Å². The SMILES string of the molecule is CCn1ncc(N)c1C(=O)NCCc1ccccc1C. The number of rotatable bonds is 5. The number of anilines is 1. The third-order valence-electron chi connectivity index (χ3n) is 3.32. The predicted molar refractivity (Wildman–Crippen MR) is 79.5 cm³/mol. The van der Waals surface area contributed by atoms with Crippen LogP contribution in [0.2, 0.25) is 0 Å². The van der Waals surface area contributed by atoms with Gasteiger partial charge in [-0.25, -0.2) is 0 Å². The number of nitrogen functional groups attached to an aromatic ring is 1. The number of carbonyl (C=O) groups is 1. The first-order valence-electron chi connectivity index (χ1n) is 6.77. The first-order chi connectivity index (χ1) is 9.63. The lowest BCUT2D eigenvalue weighted by atomic mass is 10.1. The number of carbonyl (C=O) groups excluding carboxylic acids is 1. The van der Waals surface area contributed by atoms with Crippen molar-refractivity contribution in [2.24, 2.45) is 0 Å². The van der Waals surface area contributed by atoms with Crippen LogP contribution in [0, 0.1) is 6.92 Å². The maximum atomic E-state index is 12.1. The number of hydrogen-bond acceptors (Lipinski definition) is 3. The van der Waals surface area contributed by atoms with Crippen molar-refractivity contribution in [1.29, 1.82) is 0 Å². The van der Waals surface area contributed by atoms with E-state index in [1.807, 2.05) is 19.1 Å². The van der Waals surface area contributed by atoms with Gasteiger partial charge in [0, 0.05) is 13.1 Å². The summed E-state index contributed by atoms with van der Waals surface area (Å²) in [6.45, 7) is 5.20. The Bertz CT molecular complexity index is 604. The standard InChI is InChI=1S/C15H20N4O/c1-3-19-14(13(16)10-18-19)15(20)17-9-8-12-7-5-4-6-11(12)2/h4-7,10H,3,8-9,16H2,1-2H3,(H,17,20). The Labute approximate surface area is 118 Å². The van der Waals surface area contributed by atoms with E-state index in [4.69, 9.17) is 5.73 Å². The molecule has 1 heterocycles. The van der Waals surface area contributed by atoms with Crippen molar-refractivity contribution in [3.8, 4) is 0 Å². The third kappa shape index (κ3) is 2.99. The van der Waals surface area contributed by atoms with Crippen LogP contribution in [0.25, 0.3) is 0 Å². The fourth-order valence-electron chi connectivity index (χ4n) is 2.17. The lowest BCUT2D eigenvalue weighted by molar-refractivity contribution is 0.0944. The van der Waals surface area contributed by atoms with E-state index in [2.05, 4.69) is 29.5 Å². The maximum absolute atomic E-state index is 12.1. The number of nitrogens with two attached hydrogens (primary N) is 1. The quantitative estimate of drug-likeness (QED) is 0.871. The van der Waals surface area contributed by atoms with E-state index < -0.39 is 0 Å². The number of nitrogens with one attached hydrogen (secondary N) is 1. The van der Waals surface area contributed by atoms with E-state index >= 15 is 0 Å². The van der Waals surface area contributed by atoms with Crippen molar-refractivity contribution < 1.29 is 4.79 Å². The molecule has 0 aliphatic carbocycles. The number of aryl methyl sites for hydroxylation is 2. The van der Waals surface area contributed by atoms with Crippen molar-refractivity contribution in [2.45, 2.75) is 26.8 Å². The molecular formula is C15H20N4O. The summed E-state index contributed by atoms with van der Waals surface area (Å²) in [5.41, 5.74) is 9.12. The van der Waals surface area contributed by atoms with E-state index in [1.165, 1.54) is 17.3 Å². The summed E-state index contributed by atoms with van der Waals surface area (Å²) < 4.78 is 1.61. The number of hydrogen-bond donors (Lipinski definition) is 2. The van der Waals surface area contributed by atoms with Gasteiger partial charge in [0.1, 0.15) is 5.69 Å². The molecule has 0 aliphatic heterocycles. The second kappa shape index (κ2) is 6.23. The molecule has 0 fully saturated rings. The van der Waals surface area contributed by atoms with Gasteiger partial charge in [-0.3, -0.25) is 9.48 Å². The van der Waals surface area contributed by atoms with Crippen LogP contribution in [-0.4, -0.2) is 22.2 Å². The maximum Gasteiger partial charge on any atom is 0.271 e. The summed E-state index contributed by atoms with van der Waals surface area (Å²) in [6, 6.07) is 8.17. The van der Waals surface area contributed by atoms with Crippen molar-refractivity contribution >= 4 is 11.6 Å². The topological polar surface area (TPSA) is 72.9 Å². The molecule has 0 spiro atoms. The lowest BCUT2D eigenvalue weighted by Gasteiger charge is -2.09. The molecule has 1 aromatic carbocycles. The summed E-state index contributed by atoms with van der Waals surface area (Å²) in [6.07, 6.45) is 2.32. The largest absolute Gasteiger partial charge is 0.396 e. The zero-order chi connectivity index (χ0) is 14.5. The van der Waals surface area contributed by atoms with Gasteiger partial charge in [-0.05, 0) is 31.4 Å². The van der Waals surface area contributed by atoms with Gasteiger partial charge in [0.15, 0.2) is 0 Å². The van der Waals surface area contributed by atoms with Crippen LogP contribution in [0.1, 0.15) is 28.5 Å². The molecule has 0 atom stereocenters. The Morgan fingerprint density at radius 3 is 2.85 bits per heavy atom. The fourth-order valence-corrected chi connectivity index (χ4v) is 2.17. The summed E-state index contributed by atoms with van der Waals surface area (Å²) in [4.78, 5) is 12.1. The molecule has 0 aliphatic rings.